The molecule has 98 valence electrons. The average molecular weight is 244 g/mol. The highest BCUT2D eigenvalue weighted by molar-refractivity contribution is 5.85. The molecule has 0 unspecified atom stereocenters. The highest BCUT2D eigenvalue weighted by Crippen LogP contribution is 2.18. The molecule has 1 aliphatic carbocycles. The van der Waals surface area contributed by atoms with E-state index in [4.69, 9.17) is 9.47 Å². The van der Waals surface area contributed by atoms with E-state index in [9.17, 15) is 9.59 Å². The maximum absolute atomic E-state index is 11.5. The first-order valence-corrected chi connectivity index (χ1v) is 5.73. The molecule has 1 aliphatic rings. The molecule has 0 aromatic rings. The first-order valence-electron chi connectivity index (χ1n) is 5.73. The molecule has 0 heterocycles. The van der Waals surface area contributed by atoms with Crippen LogP contribution in [0.1, 0.15) is 12.8 Å². The predicted molar refractivity (Wildman–Crippen MR) is 61.5 cm³/mol. The molecule has 0 spiro atoms. The summed E-state index contributed by atoms with van der Waals surface area (Å²) in [5.74, 6) is -0.313. The summed E-state index contributed by atoms with van der Waals surface area (Å²) in [7, 11) is 3.16. The third kappa shape index (κ3) is 6.23. The number of carbonyl (C=O) groups excluding carboxylic acids is 2. The van der Waals surface area contributed by atoms with Gasteiger partial charge in [-0.15, -0.1) is 0 Å². The summed E-state index contributed by atoms with van der Waals surface area (Å²) in [6.07, 6.45) is 2.09. The standard InChI is InChI=1S/C11H20N2O4/c1-13(7-10(14)12-9-3-4-9)11(15)8-17-6-5-16-2/h9H,3-8H2,1-2H3,(H,12,14). The van der Waals surface area contributed by atoms with E-state index in [-0.39, 0.29) is 25.0 Å². The molecule has 0 aromatic carbocycles. The minimum absolute atomic E-state index is 0.0173. The number of hydrogen-bond acceptors (Lipinski definition) is 4. The Hall–Kier alpha value is -1.14. The van der Waals surface area contributed by atoms with Crippen LogP contribution in [0.4, 0.5) is 0 Å². The van der Waals surface area contributed by atoms with E-state index in [2.05, 4.69) is 5.32 Å². The average Bonchev–Trinajstić information content (AvgIpc) is 3.07. The van der Waals surface area contributed by atoms with Gasteiger partial charge in [-0.1, -0.05) is 0 Å². The van der Waals surface area contributed by atoms with E-state index in [0.29, 0.717) is 19.3 Å². The van der Waals surface area contributed by atoms with Crippen molar-refractivity contribution in [3.05, 3.63) is 0 Å². The van der Waals surface area contributed by atoms with Crippen LogP contribution < -0.4 is 5.32 Å². The molecule has 0 saturated heterocycles. The smallest absolute Gasteiger partial charge is 0.248 e. The molecule has 0 aromatic heterocycles. The number of hydrogen-bond donors (Lipinski definition) is 1. The minimum atomic E-state index is -0.202. The fraction of sp³-hybridized carbons (Fsp3) is 0.818. The van der Waals surface area contributed by atoms with Crippen LogP contribution in [0.3, 0.4) is 0 Å². The molecule has 17 heavy (non-hydrogen) atoms. The van der Waals surface area contributed by atoms with Crippen LogP contribution >= 0.6 is 0 Å². The van der Waals surface area contributed by atoms with Gasteiger partial charge in [0.2, 0.25) is 11.8 Å². The zero-order chi connectivity index (χ0) is 12.7. The molecular formula is C11H20N2O4. The van der Waals surface area contributed by atoms with Gasteiger partial charge in [-0.25, -0.2) is 0 Å². The molecular weight excluding hydrogens is 224 g/mol. The topological polar surface area (TPSA) is 67.9 Å². The molecule has 0 atom stereocenters. The van der Waals surface area contributed by atoms with Gasteiger partial charge in [0.05, 0.1) is 19.8 Å². The van der Waals surface area contributed by atoms with E-state index >= 15 is 0 Å². The van der Waals surface area contributed by atoms with Crippen molar-refractivity contribution in [1.29, 1.82) is 0 Å². The van der Waals surface area contributed by atoms with Gasteiger partial charge in [0.1, 0.15) is 6.61 Å². The fourth-order valence-corrected chi connectivity index (χ4v) is 1.22. The first kappa shape index (κ1) is 13.9. The summed E-state index contributed by atoms with van der Waals surface area (Å²) in [6.45, 7) is 0.906. The third-order valence-electron chi connectivity index (χ3n) is 2.41. The van der Waals surface area contributed by atoms with E-state index in [1.807, 2.05) is 0 Å². The molecule has 1 N–H and O–H groups in total. The summed E-state index contributed by atoms with van der Waals surface area (Å²) in [6, 6.07) is 0.323. The van der Waals surface area contributed by atoms with Crippen LogP contribution in [0.2, 0.25) is 0 Å². The lowest BCUT2D eigenvalue weighted by atomic mass is 10.4. The molecule has 0 bridgehead atoms. The zero-order valence-corrected chi connectivity index (χ0v) is 10.4. The molecule has 1 saturated carbocycles. The van der Waals surface area contributed by atoms with Gasteiger partial charge in [0.15, 0.2) is 0 Å². The molecule has 0 radical (unpaired) electrons. The second-order valence-corrected chi connectivity index (χ2v) is 4.14. The van der Waals surface area contributed by atoms with E-state index in [1.54, 1.807) is 14.2 Å². The number of amides is 2. The van der Waals surface area contributed by atoms with Crippen molar-refractivity contribution >= 4 is 11.8 Å². The Balaban J connectivity index is 2.09. The lowest BCUT2D eigenvalue weighted by Crippen LogP contribution is -2.40. The van der Waals surface area contributed by atoms with Crippen molar-refractivity contribution in [2.45, 2.75) is 18.9 Å². The van der Waals surface area contributed by atoms with Gasteiger partial charge < -0.3 is 19.7 Å². The zero-order valence-electron chi connectivity index (χ0n) is 10.4. The number of carbonyl (C=O) groups is 2. The maximum Gasteiger partial charge on any atom is 0.248 e. The maximum atomic E-state index is 11.5. The summed E-state index contributed by atoms with van der Waals surface area (Å²) in [5.41, 5.74) is 0. The second kappa shape index (κ2) is 7.24. The Morgan fingerprint density at radius 1 is 1.35 bits per heavy atom. The van der Waals surface area contributed by atoms with Crippen LogP contribution in [0.5, 0.6) is 0 Å². The lowest BCUT2D eigenvalue weighted by molar-refractivity contribution is -0.138. The molecule has 0 aliphatic heterocycles. The van der Waals surface area contributed by atoms with E-state index in [1.165, 1.54) is 4.90 Å². The molecule has 2 amide bonds. The summed E-state index contributed by atoms with van der Waals surface area (Å²) in [4.78, 5) is 24.3. The van der Waals surface area contributed by atoms with Gasteiger partial charge >= 0.3 is 0 Å². The van der Waals surface area contributed by atoms with Crippen LogP contribution in [0, 0.1) is 0 Å². The Morgan fingerprint density at radius 2 is 2.06 bits per heavy atom. The van der Waals surface area contributed by atoms with Crippen molar-refractivity contribution in [2.24, 2.45) is 0 Å². The van der Waals surface area contributed by atoms with Crippen LogP contribution in [0.25, 0.3) is 0 Å². The number of likely N-dealkylation sites (N-methyl/N-ethyl adjacent to an activating group) is 1. The number of ether oxygens (including phenoxy) is 2. The Kier molecular flexibility index (Phi) is 5.93. The van der Waals surface area contributed by atoms with Gasteiger partial charge in [-0.05, 0) is 12.8 Å². The van der Waals surface area contributed by atoms with Gasteiger partial charge in [0, 0.05) is 20.2 Å². The molecule has 1 rings (SSSR count). The van der Waals surface area contributed by atoms with Gasteiger partial charge in [0.25, 0.3) is 0 Å². The van der Waals surface area contributed by atoms with Crippen molar-refractivity contribution in [2.75, 3.05) is 40.5 Å². The summed E-state index contributed by atoms with van der Waals surface area (Å²) in [5, 5.41) is 2.82. The monoisotopic (exact) mass is 244 g/mol. The van der Waals surface area contributed by atoms with Crippen LogP contribution in [-0.4, -0.2) is 63.3 Å². The number of nitrogens with zero attached hydrogens (tertiary/aromatic N) is 1. The third-order valence-corrected chi connectivity index (χ3v) is 2.41. The summed E-state index contributed by atoms with van der Waals surface area (Å²) >= 11 is 0. The van der Waals surface area contributed by atoms with Gasteiger partial charge in [-0.2, -0.15) is 0 Å². The predicted octanol–water partition coefficient (Wildman–Crippen LogP) is -0.614. The van der Waals surface area contributed by atoms with Crippen molar-refractivity contribution in [1.82, 2.24) is 10.2 Å². The molecule has 6 nitrogen and oxygen atoms in total. The van der Waals surface area contributed by atoms with Gasteiger partial charge in [-0.3, -0.25) is 9.59 Å². The lowest BCUT2D eigenvalue weighted by Gasteiger charge is -2.16. The highest BCUT2D eigenvalue weighted by Gasteiger charge is 2.24. The normalized spacial score (nSPS) is 14.5. The van der Waals surface area contributed by atoms with E-state index < -0.39 is 0 Å². The highest BCUT2D eigenvalue weighted by atomic mass is 16.5. The van der Waals surface area contributed by atoms with E-state index in [0.717, 1.165) is 12.8 Å². The van der Waals surface area contributed by atoms with Crippen LogP contribution in [-0.2, 0) is 19.1 Å². The Labute approximate surface area is 101 Å². The minimum Gasteiger partial charge on any atom is -0.382 e. The second-order valence-electron chi connectivity index (χ2n) is 4.14. The Bertz CT molecular complexity index is 266. The largest absolute Gasteiger partial charge is 0.382 e. The number of rotatable bonds is 8. The fourth-order valence-electron chi connectivity index (χ4n) is 1.22. The SMILES string of the molecule is COCCOCC(=O)N(C)CC(=O)NC1CC1. The van der Waals surface area contributed by atoms with Crippen molar-refractivity contribution in [3.63, 3.8) is 0 Å². The number of nitrogens with one attached hydrogen (secondary N) is 1. The Morgan fingerprint density at radius 3 is 2.65 bits per heavy atom. The molecule has 6 heteroatoms. The first-order chi connectivity index (χ1) is 8.13. The quantitative estimate of drug-likeness (QED) is 0.578. The summed E-state index contributed by atoms with van der Waals surface area (Å²) < 4.78 is 9.87. The number of methoxy groups -OCH3 is 1. The van der Waals surface area contributed by atoms with Crippen molar-refractivity contribution < 1.29 is 19.1 Å². The molecule has 1 fully saturated rings. The van der Waals surface area contributed by atoms with Crippen molar-refractivity contribution in [3.8, 4) is 0 Å². The van der Waals surface area contributed by atoms with Crippen LogP contribution in [0.15, 0.2) is 0 Å².